The molecule has 0 saturated carbocycles. The summed E-state index contributed by atoms with van der Waals surface area (Å²) in [6.45, 7) is 0.644. The van der Waals surface area contributed by atoms with Crippen LogP contribution in [0, 0.1) is 10.9 Å². The second kappa shape index (κ2) is 9.07. The molecular formula is C18H20F2N4O3S. The van der Waals surface area contributed by atoms with Gasteiger partial charge in [-0.05, 0) is 30.5 Å². The summed E-state index contributed by atoms with van der Waals surface area (Å²) in [5, 5.41) is 4.48. The SMILES string of the molecule is CN(Cc1nc(NC(=O)NCc2cccc(F)c2)sc1F)C(=O)[C@H]1CCCO1. The molecule has 3 rings (SSSR count). The molecule has 0 bridgehead atoms. The Balaban J connectivity index is 1.52. The van der Waals surface area contributed by atoms with Crippen molar-refractivity contribution in [1.29, 1.82) is 0 Å². The number of halogens is 2. The zero-order chi connectivity index (χ0) is 20.1. The number of thiazole rings is 1. The minimum atomic E-state index is -0.589. The Morgan fingerprint density at radius 2 is 2.21 bits per heavy atom. The average molecular weight is 410 g/mol. The summed E-state index contributed by atoms with van der Waals surface area (Å²) in [6.07, 6.45) is 0.993. The van der Waals surface area contributed by atoms with Gasteiger partial charge in [0.05, 0.1) is 6.54 Å². The normalized spacial score (nSPS) is 16.0. The molecule has 1 aliphatic heterocycles. The lowest BCUT2D eigenvalue weighted by Crippen LogP contribution is -2.35. The first-order valence-corrected chi connectivity index (χ1v) is 9.55. The summed E-state index contributed by atoms with van der Waals surface area (Å²) >= 11 is 0.674. The third-order valence-electron chi connectivity index (χ3n) is 4.18. The number of hydrogen-bond acceptors (Lipinski definition) is 5. The van der Waals surface area contributed by atoms with Gasteiger partial charge in [-0.2, -0.15) is 4.39 Å². The van der Waals surface area contributed by atoms with Crippen molar-refractivity contribution in [2.24, 2.45) is 0 Å². The van der Waals surface area contributed by atoms with E-state index in [1.54, 1.807) is 19.2 Å². The van der Waals surface area contributed by atoms with E-state index in [1.165, 1.54) is 17.0 Å². The molecule has 1 aliphatic rings. The lowest BCUT2D eigenvalue weighted by molar-refractivity contribution is -0.140. The van der Waals surface area contributed by atoms with Crippen molar-refractivity contribution in [2.45, 2.75) is 32.0 Å². The fourth-order valence-electron chi connectivity index (χ4n) is 2.78. The zero-order valence-electron chi connectivity index (χ0n) is 15.2. The molecule has 2 heterocycles. The van der Waals surface area contributed by atoms with Gasteiger partial charge in [0.25, 0.3) is 5.91 Å². The minimum Gasteiger partial charge on any atom is -0.368 e. The number of likely N-dealkylation sites (N-methyl/N-ethyl adjacent to an activating group) is 1. The van der Waals surface area contributed by atoms with Crippen molar-refractivity contribution >= 4 is 28.4 Å². The minimum absolute atomic E-state index is 0.0202. The Kier molecular flexibility index (Phi) is 6.53. The van der Waals surface area contributed by atoms with Gasteiger partial charge in [-0.15, -0.1) is 0 Å². The van der Waals surface area contributed by atoms with Gasteiger partial charge in [0.15, 0.2) is 5.13 Å². The molecule has 150 valence electrons. The van der Waals surface area contributed by atoms with Crippen LogP contribution in [0.4, 0.5) is 18.7 Å². The van der Waals surface area contributed by atoms with Crippen LogP contribution in [0.2, 0.25) is 0 Å². The molecule has 1 aromatic carbocycles. The van der Waals surface area contributed by atoms with Crippen molar-refractivity contribution in [3.63, 3.8) is 0 Å². The third-order valence-corrected chi connectivity index (χ3v) is 4.98. The van der Waals surface area contributed by atoms with Crippen LogP contribution in [0.5, 0.6) is 0 Å². The van der Waals surface area contributed by atoms with Crippen molar-refractivity contribution in [3.05, 3.63) is 46.5 Å². The molecule has 0 unspecified atom stereocenters. The fraction of sp³-hybridized carbons (Fsp3) is 0.389. The number of hydrogen-bond donors (Lipinski definition) is 2. The topological polar surface area (TPSA) is 83.6 Å². The van der Waals surface area contributed by atoms with Crippen LogP contribution < -0.4 is 10.6 Å². The zero-order valence-corrected chi connectivity index (χ0v) is 16.0. The first-order chi connectivity index (χ1) is 13.4. The number of carbonyl (C=O) groups is 2. The number of rotatable bonds is 6. The molecule has 2 N–H and O–H groups in total. The smallest absolute Gasteiger partial charge is 0.321 e. The van der Waals surface area contributed by atoms with Crippen molar-refractivity contribution < 1.29 is 23.1 Å². The number of aromatic nitrogens is 1. The van der Waals surface area contributed by atoms with E-state index < -0.39 is 23.1 Å². The Morgan fingerprint density at radius 1 is 1.39 bits per heavy atom. The van der Waals surface area contributed by atoms with Crippen LogP contribution >= 0.6 is 11.3 Å². The van der Waals surface area contributed by atoms with Crippen molar-refractivity contribution in [3.8, 4) is 0 Å². The maximum atomic E-state index is 14.1. The Bertz CT molecular complexity index is 855. The van der Waals surface area contributed by atoms with Crippen LogP contribution in [0.3, 0.4) is 0 Å². The molecule has 1 aromatic heterocycles. The number of nitrogens with zero attached hydrogens (tertiary/aromatic N) is 2. The molecule has 1 saturated heterocycles. The highest BCUT2D eigenvalue weighted by atomic mass is 32.1. The first kappa shape index (κ1) is 20.2. The summed E-state index contributed by atoms with van der Waals surface area (Å²) in [6, 6.07) is 5.24. The highest BCUT2D eigenvalue weighted by Crippen LogP contribution is 2.23. The first-order valence-electron chi connectivity index (χ1n) is 8.73. The Morgan fingerprint density at radius 3 is 2.93 bits per heavy atom. The number of anilines is 1. The fourth-order valence-corrected chi connectivity index (χ4v) is 3.47. The lowest BCUT2D eigenvalue weighted by Gasteiger charge is -2.19. The summed E-state index contributed by atoms with van der Waals surface area (Å²) in [7, 11) is 1.56. The predicted molar refractivity (Wildman–Crippen MR) is 99.8 cm³/mol. The second-order valence-corrected chi connectivity index (χ2v) is 7.32. The number of benzene rings is 1. The number of amides is 3. The summed E-state index contributed by atoms with van der Waals surface area (Å²) in [4.78, 5) is 29.6. The Hall–Kier alpha value is -2.59. The van der Waals surface area contributed by atoms with Crippen LogP contribution in [-0.4, -0.2) is 41.6 Å². The predicted octanol–water partition coefficient (Wildman–Crippen LogP) is 2.88. The second-order valence-electron chi connectivity index (χ2n) is 6.37. The number of ether oxygens (including phenoxy) is 1. The maximum absolute atomic E-state index is 14.1. The van der Waals surface area contributed by atoms with Crippen molar-refractivity contribution in [1.82, 2.24) is 15.2 Å². The van der Waals surface area contributed by atoms with Gasteiger partial charge in [-0.25, -0.2) is 14.2 Å². The van der Waals surface area contributed by atoms with Gasteiger partial charge in [0.1, 0.15) is 17.6 Å². The third kappa shape index (κ3) is 5.23. The van der Waals surface area contributed by atoms with Crippen LogP contribution in [0.15, 0.2) is 24.3 Å². The van der Waals surface area contributed by atoms with Gasteiger partial charge < -0.3 is 15.0 Å². The maximum Gasteiger partial charge on any atom is 0.321 e. The van der Waals surface area contributed by atoms with Gasteiger partial charge >= 0.3 is 6.03 Å². The molecule has 28 heavy (non-hydrogen) atoms. The summed E-state index contributed by atoms with van der Waals surface area (Å²) in [5.41, 5.74) is 0.662. The van der Waals surface area contributed by atoms with E-state index >= 15 is 0 Å². The molecule has 1 fully saturated rings. The van der Waals surface area contributed by atoms with E-state index in [9.17, 15) is 18.4 Å². The quantitative estimate of drug-likeness (QED) is 0.767. The molecule has 10 heteroatoms. The molecule has 0 aliphatic carbocycles. The number of urea groups is 1. The molecule has 0 spiro atoms. The highest BCUT2D eigenvalue weighted by molar-refractivity contribution is 7.14. The molecular weight excluding hydrogens is 390 g/mol. The molecule has 0 radical (unpaired) electrons. The standard InChI is InChI=1S/C18H20F2N4O3S/c1-24(16(25)14-6-3-7-27-14)10-13-15(20)28-18(22-13)23-17(26)21-9-11-4-2-5-12(19)8-11/h2,4-5,8,14H,3,6-7,9-10H2,1H3,(H2,21,22,23,26)/t14-/m1/s1. The van der Waals surface area contributed by atoms with E-state index in [2.05, 4.69) is 15.6 Å². The molecule has 7 nitrogen and oxygen atoms in total. The van der Waals surface area contributed by atoms with E-state index in [0.717, 1.165) is 6.42 Å². The van der Waals surface area contributed by atoms with E-state index in [1.807, 2.05) is 0 Å². The molecule has 2 aromatic rings. The lowest BCUT2D eigenvalue weighted by atomic mass is 10.2. The average Bonchev–Trinajstić information content (AvgIpc) is 3.30. The summed E-state index contributed by atoms with van der Waals surface area (Å²) < 4.78 is 32.6. The van der Waals surface area contributed by atoms with Gasteiger partial charge in [-0.1, -0.05) is 23.5 Å². The van der Waals surface area contributed by atoms with Gasteiger partial charge in [0, 0.05) is 20.2 Å². The molecule has 3 amide bonds. The van der Waals surface area contributed by atoms with Crippen LogP contribution in [-0.2, 0) is 22.6 Å². The largest absolute Gasteiger partial charge is 0.368 e. The highest BCUT2D eigenvalue weighted by Gasteiger charge is 2.27. The van der Waals surface area contributed by atoms with Gasteiger partial charge in [0.2, 0.25) is 5.13 Å². The Labute approximate surface area is 164 Å². The van der Waals surface area contributed by atoms with Crippen LogP contribution in [0.25, 0.3) is 0 Å². The number of nitrogens with one attached hydrogen (secondary N) is 2. The van der Waals surface area contributed by atoms with E-state index in [-0.39, 0.29) is 29.8 Å². The van der Waals surface area contributed by atoms with E-state index in [0.29, 0.717) is 29.9 Å². The monoisotopic (exact) mass is 410 g/mol. The van der Waals surface area contributed by atoms with E-state index in [4.69, 9.17) is 4.74 Å². The molecule has 1 atom stereocenters. The van der Waals surface area contributed by atoms with Crippen molar-refractivity contribution in [2.75, 3.05) is 19.0 Å². The summed E-state index contributed by atoms with van der Waals surface area (Å²) in [5.74, 6) is -0.611. The van der Waals surface area contributed by atoms with Gasteiger partial charge in [-0.3, -0.25) is 10.1 Å². The van der Waals surface area contributed by atoms with Crippen LogP contribution in [0.1, 0.15) is 24.1 Å². The number of carbonyl (C=O) groups excluding carboxylic acids is 2.